The molecule has 0 aromatic carbocycles. The van der Waals surface area contributed by atoms with Crippen molar-refractivity contribution < 1.29 is 38.2 Å². The molecule has 2 unspecified atom stereocenters. The number of carbonyl (C=O) groups is 3. The van der Waals surface area contributed by atoms with Gasteiger partial charge in [0, 0.05) is 19.3 Å². The number of rotatable bonds is 43. The number of aliphatic carboxylic acids is 1. The number of allylic oxidation sites excluding steroid dienone is 18. The molecule has 64 heavy (non-hydrogen) atoms. The van der Waals surface area contributed by atoms with E-state index >= 15 is 0 Å². The van der Waals surface area contributed by atoms with Crippen LogP contribution >= 0.6 is 0 Å². The molecule has 0 aliphatic carbocycles. The number of unbranched alkanes of at least 4 members (excludes halogenated alkanes) is 11. The molecule has 0 fully saturated rings. The van der Waals surface area contributed by atoms with Crippen molar-refractivity contribution in [3.05, 3.63) is 109 Å². The van der Waals surface area contributed by atoms with Crippen LogP contribution in [-0.4, -0.2) is 75.5 Å². The third kappa shape index (κ3) is 43.3. The zero-order chi connectivity index (χ0) is 47.0. The van der Waals surface area contributed by atoms with Gasteiger partial charge in [0.1, 0.15) is 12.6 Å². The first-order valence-corrected chi connectivity index (χ1v) is 24.9. The Bertz CT molecular complexity index is 1410. The Morgan fingerprint density at radius 3 is 1.27 bits per heavy atom. The molecule has 0 N–H and O–H groups in total. The van der Waals surface area contributed by atoms with E-state index in [0.717, 1.165) is 83.5 Å². The number of carboxylic acid groups (broad SMARTS) is 1. The molecule has 0 aliphatic rings. The van der Waals surface area contributed by atoms with Crippen LogP contribution in [0.15, 0.2) is 109 Å². The van der Waals surface area contributed by atoms with Gasteiger partial charge in [0.25, 0.3) is 0 Å². The van der Waals surface area contributed by atoms with Crippen molar-refractivity contribution in [3.63, 3.8) is 0 Å². The summed E-state index contributed by atoms with van der Waals surface area (Å²) in [6.07, 6.45) is 62.7. The van der Waals surface area contributed by atoms with Crippen LogP contribution in [0.4, 0.5) is 0 Å². The van der Waals surface area contributed by atoms with Gasteiger partial charge in [-0.05, 0) is 89.9 Å². The van der Waals surface area contributed by atoms with E-state index in [0.29, 0.717) is 12.8 Å². The predicted molar refractivity (Wildman–Crippen MR) is 268 cm³/mol. The van der Waals surface area contributed by atoms with Gasteiger partial charge in [-0.1, -0.05) is 175 Å². The maximum absolute atomic E-state index is 12.8. The topological polar surface area (TPSA) is 102 Å². The first-order chi connectivity index (χ1) is 31.1. The van der Waals surface area contributed by atoms with Gasteiger partial charge in [0.15, 0.2) is 6.10 Å². The summed E-state index contributed by atoms with van der Waals surface area (Å²) < 4.78 is 17.2. The minimum atomic E-state index is -1.14. The smallest absolute Gasteiger partial charge is 0.306 e. The van der Waals surface area contributed by atoms with E-state index in [9.17, 15) is 19.5 Å². The maximum Gasteiger partial charge on any atom is 0.306 e. The van der Waals surface area contributed by atoms with E-state index in [-0.39, 0.29) is 49.1 Å². The Morgan fingerprint density at radius 2 is 0.844 bits per heavy atom. The van der Waals surface area contributed by atoms with Gasteiger partial charge in [-0.3, -0.25) is 9.59 Å². The van der Waals surface area contributed by atoms with Gasteiger partial charge >= 0.3 is 11.9 Å². The van der Waals surface area contributed by atoms with E-state index < -0.39 is 18.1 Å². The standard InChI is InChI=1S/C56H91NO7/c1-6-8-10-12-14-16-18-20-22-24-26-28-30-32-34-36-38-40-42-44-46-54(58)63-51-52(50-62-49-48-53(56(60)61)57(3,4)5)64-55(59)47-45-43-41-39-37-35-33-31-29-27-25-23-21-19-17-15-13-11-9-7-2/h8-11,14-17,20-23,27,29,33,35,39,41,52-53H,6-7,12-13,18-19,24-26,28,30-32,34,36-38,40,42-51H2,1-5H3/b10-8+,11-9+,16-14+,17-15+,22-20+,23-21+,29-27+,35-33+,41-39+. The van der Waals surface area contributed by atoms with Crippen molar-refractivity contribution in [1.82, 2.24) is 0 Å². The number of carbonyl (C=O) groups excluding carboxylic acids is 3. The Kier molecular flexibility index (Phi) is 42.7. The minimum absolute atomic E-state index is 0.00950. The molecule has 0 aliphatic heterocycles. The first kappa shape index (κ1) is 60.0. The highest BCUT2D eigenvalue weighted by atomic mass is 16.6. The second-order valence-corrected chi connectivity index (χ2v) is 17.3. The van der Waals surface area contributed by atoms with Crippen LogP contribution < -0.4 is 5.11 Å². The largest absolute Gasteiger partial charge is 0.544 e. The van der Waals surface area contributed by atoms with Crippen LogP contribution in [0.5, 0.6) is 0 Å². The summed E-state index contributed by atoms with van der Waals surface area (Å²) in [6.45, 7) is 4.36. The molecule has 8 nitrogen and oxygen atoms in total. The van der Waals surface area contributed by atoms with Gasteiger partial charge in [0.05, 0.1) is 40.3 Å². The lowest BCUT2D eigenvalue weighted by atomic mass is 10.1. The van der Waals surface area contributed by atoms with Gasteiger partial charge in [-0.25, -0.2) is 0 Å². The molecule has 0 rings (SSSR count). The second kappa shape index (κ2) is 45.6. The molecule has 2 atom stereocenters. The average Bonchev–Trinajstić information content (AvgIpc) is 3.26. The highest BCUT2D eigenvalue weighted by Gasteiger charge is 2.25. The second-order valence-electron chi connectivity index (χ2n) is 17.3. The summed E-state index contributed by atoms with van der Waals surface area (Å²) in [6, 6.07) is -0.744. The number of carboxylic acids is 1. The molecule has 0 bridgehead atoms. The lowest BCUT2D eigenvalue weighted by Crippen LogP contribution is -2.55. The molecule has 8 heteroatoms. The summed E-state index contributed by atoms with van der Waals surface area (Å²) >= 11 is 0. The number of hydrogen-bond acceptors (Lipinski definition) is 7. The Hall–Kier alpha value is -4.01. The molecule has 0 heterocycles. The summed E-state index contributed by atoms with van der Waals surface area (Å²) in [5, 5.41) is 11.7. The van der Waals surface area contributed by atoms with Crippen LogP contribution in [0.1, 0.15) is 174 Å². The summed E-state index contributed by atoms with van der Waals surface area (Å²) in [4.78, 5) is 37.0. The van der Waals surface area contributed by atoms with E-state index in [1.807, 2.05) is 0 Å². The molecule has 0 saturated carbocycles. The molecular formula is C56H91NO7. The van der Waals surface area contributed by atoms with Crippen LogP contribution in [0.3, 0.4) is 0 Å². The SMILES string of the molecule is CC/C=C/C/C=C/C/C=C/C/C=C/C/C=C/C/C=C/CCCC(=O)OC(COCCC(C(=O)[O-])[N+](C)(C)C)COC(=O)CCCCCCCCCCCC/C=C/C/C=C/C/C=C/CC. The lowest BCUT2D eigenvalue weighted by molar-refractivity contribution is -0.889. The highest BCUT2D eigenvalue weighted by molar-refractivity contribution is 5.70. The predicted octanol–water partition coefficient (Wildman–Crippen LogP) is 13.1. The zero-order valence-corrected chi connectivity index (χ0v) is 41.2. The average molecular weight is 890 g/mol. The fourth-order valence-corrected chi connectivity index (χ4v) is 6.63. The summed E-state index contributed by atoms with van der Waals surface area (Å²) in [7, 11) is 5.38. The Balaban J connectivity index is 4.39. The van der Waals surface area contributed by atoms with Crippen molar-refractivity contribution in [2.75, 3.05) is 41.0 Å². The van der Waals surface area contributed by atoms with Gasteiger partial charge in [-0.15, -0.1) is 0 Å². The number of ether oxygens (including phenoxy) is 3. The number of likely N-dealkylation sites (N-methyl/N-ethyl adjacent to an activating group) is 1. The van der Waals surface area contributed by atoms with E-state index in [1.165, 1.54) is 51.4 Å². The van der Waals surface area contributed by atoms with E-state index in [1.54, 1.807) is 21.1 Å². The number of hydrogen-bond donors (Lipinski definition) is 0. The van der Waals surface area contributed by atoms with Gasteiger partial charge in [0.2, 0.25) is 0 Å². The van der Waals surface area contributed by atoms with E-state index in [4.69, 9.17) is 14.2 Å². The zero-order valence-electron chi connectivity index (χ0n) is 41.2. The molecule has 0 aromatic heterocycles. The summed E-state index contributed by atoms with van der Waals surface area (Å²) in [5.74, 6) is -1.83. The van der Waals surface area contributed by atoms with Gasteiger partial charge in [-0.2, -0.15) is 0 Å². The number of nitrogens with zero attached hydrogens (tertiary/aromatic N) is 1. The van der Waals surface area contributed by atoms with Crippen molar-refractivity contribution >= 4 is 17.9 Å². The van der Waals surface area contributed by atoms with Gasteiger partial charge < -0.3 is 28.6 Å². The number of quaternary nitrogens is 1. The monoisotopic (exact) mass is 890 g/mol. The summed E-state index contributed by atoms with van der Waals surface area (Å²) in [5.41, 5.74) is 0. The molecule has 0 amide bonds. The van der Waals surface area contributed by atoms with Crippen LogP contribution in [0, 0.1) is 0 Å². The molecule has 0 aromatic rings. The molecular weight excluding hydrogens is 799 g/mol. The third-order valence-electron chi connectivity index (χ3n) is 10.4. The third-order valence-corrected chi connectivity index (χ3v) is 10.4. The minimum Gasteiger partial charge on any atom is -0.544 e. The fraction of sp³-hybridized carbons (Fsp3) is 0.625. The fourth-order valence-electron chi connectivity index (χ4n) is 6.63. The molecule has 0 saturated heterocycles. The van der Waals surface area contributed by atoms with Crippen molar-refractivity contribution in [2.45, 2.75) is 187 Å². The normalized spacial score (nSPS) is 13.8. The Morgan fingerprint density at radius 1 is 0.469 bits per heavy atom. The first-order valence-electron chi connectivity index (χ1n) is 24.9. The molecule has 0 spiro atoms. The van der Waals surface area contributed by atoms with Crippen molar-refractivity contribution in [1.29, 1.82) is 0 Å². The molecule has 362 valence electrons. The van der Waals surface area contributed by atoms with Crippen molar-refractivity contribution in [2.24, 2.45) is 0 Å². The quantitative estimate of drug-likeness (QED) is 0.0260. The highest BCUT2D eigenvalue weighted by Crippen LogP contribution is 2.14. The van der Waals surface area contributed by atoms with E-state index in [2.05, 4.69) is 123 Å². The molecule has 0 radical (unpaired) electrons. The maximum atomic E-state index is 12.8. The van der Waals surface area contributed by atoms with Crippen molar-refractivity contribution in [3.8, 4) is 0 Å². The number of esters is 2. The lowest BCUT2D eigenvalue weighted by Gasteiger charge is -2.34. The van der Waals surface area contributed by atoms with Crippen LogP contribution in [-0.2, 0) is 28.6 Å². The van der Waals surface area contributed by atoms with Crippen LogP contribution in [0.25, 0.3) is 0 Å². The van der Waals surface area contributed by atoms with Crippen LogP contribution in [0.2, 0.25) is 0 Å². The Labute approximate surface area is 391 Å².